The molecule has 0 bridgehead atoms. The Bertz CT molecular complexity index is 587. The maximum absolute atomic E-state index is 5.39. The highest BCUT2D eigenvalue weighted by Gasteiger charge is 2.41. The van der Waals surface area contributed by atoms with Gasteiger partial charge in [0.15, 0.2) is 0 Å². The standard InChI is InChI=1S/C22H35N3O/c1-26-21-7-4-6-20(16-21)17-25-12-5-8-22(19-25)9-13-24(18-22)15-14-23-10-2-3-11-23/h4,6-7,16H,2-3,5,8-15,17-19H2,1H3/t22-/m1/s1. The summed E-state index contributed by atoms with van der Waals surface area (Å²) < 4.78 is 5.39. The number of methoxy groups -OCH3 is 1. The molecular formula is C22H35N3O. The van der Waals surface area contributed by atoms with Gasteiger partial charge in [0.1, 0.15) is 5.75 Å². The molecule has 3 fully saturated rings. The van der Waals surface area contributed by atoms with Gasteiger partial charge in [0.25, 0.3) is 0 Å². The average Bonchev–Trinajstić information content (AvgIpc) is 3.31. The van der Waals surface area contributed by atoms with Crippen LogP contribution in [0.4, 0.5) is 0 Å². The second-order valence-corrected chi connectivity index (χ2v) is 8.74. The number of hydrogen-bond acceptors (Lipinski definition) is 4. The van der Waals surface area contributed by atoms with Crippen molar-refractivity contribution in [1.29, 1.82) is 0 Å². The number of rotatable bonds is 6. The van der Waals surface area contributed by atoms with Crippen molar-refractivity contribution in [2.24, 2.45) is 5.41 Å². The summed E-state index contributed by atoms with van der Waals surface area (Å²) in [5.74, 6) is 0.975. The zero-order valence-electron chi connectivity index (χ0n) is 16.5. The zero-order valence-corrected chi connectivity index (χ0v) is 16.5. The number of benzene rings is 1. The van der Waals surface area contributed by atoms with E-state index in [-0.39, 0.29) is 0 Å². The van der Waals surface area contributed by atoms with E-state index in [9.17, 15) is 0 Å². The Labute approximate surface area is 159 Å². The van der Waals surface area contributed by atoms with Crippen LogP contribution in [0.25, 0.3) is 0 Å². The lowest BCUT2D eigenvalue weighted by Crippen LogP contribution is -2.44. The van der Waals surface area contributed by atoms with E-state index in [4.69, 9.17) is 4.74 Å². The minimum absolute atomic E-state index is 0.544. The molecule has 1 aromatic rings. The molecule has 0 N–H and O–H groups in total. The topological polar surface area (TPSA) is 19.0 Å². The summed E-state index contributed by atoms with van der Waals surface area (Å²) in [7, 11) is 1.75. The summed E-state index contributed by atoms with van der Waals surface area (Å²) >= 11 is 0. The van der Waals surface area contributed by atoms with Crippen molar-refractivity contribution in [3.63, 3.8) is 0 Å². The third kappa shape index (κ3) is 4.41. The fourth-order valence-corrected chi connectivity index (χ4v) is 5.31. The highest BCUT2D eigenvalue weighted by molar-refractivity contribution is 5.28. The minimum atomic E-state index is 0.544. The van der Waals surface area contributed by atoms with Crippen molar-refractivity contribution in [3.8, 4) is 5.75 Å². The van der Waals surface area contributed by atoms with E-state index in [2.05, 4.69) is 32.9 Å². The lowest BCUT2D eigenvalue weighted by Gasteiger charge is -2.40. The third-order valence-corrected chi connectivity index (χ3v) is 6.73. The summed E-state index contributed by atoms with van der Waals surface area (Å²) in [5.41, 5.74) is 1.92. The summed E-state index contributed by atoms with van der Waals surface area (Å²) in [5, 5.41) is 0. The van der Waals surface area contributed by atoms with Crippen LogP contribution in [0.1, 0.15) is 37.7 Å². The molecule has 0 aromatic heterocycles. The molecule has 3 aliphatic rings. The molecule has 3 heterocycles. The molecule has 4 rings (SSSR count). The van der Waals surface area contributed by atoms with Crippen LogP contribution in [-0.4, -0.2) is 74.2 Å². The molecule has 1 atom stereocenters. The molecule has 4 heteroatoms. The smallest absolute Gasteiger partial charge is 0.119 e. The summed E-state index contributed by atoms with van der Waals surface area (Å²) in [4.78, 5) is 8.08. The van der Waals surface area contributed by atoms with Gasteiger partial charge in [-0.25, -0.2) is 0 Å². The molecule has 144 valence electrons. The minimum Gasteiger partial charge on any atom is -0.497 e. The summed E-state index contributed by atoms with van der Waals surface area (Å²) in [6.07, 6.45) is 6.97. The van der Waals surface area contributed by atoms with Crippen LogP contribution in [0.3, 0.4) is 0 Å². The molecule has 1 aromatic carbocycles. The molecule has 0 saturated carbocycles. The van der Waals surface area contributed by atoms with Crippen molar-refractivity contribution in [3.05, 3.63) is 29.8 Å². The van der Waals surface area contributed by atoms with Crippen LogP contribution in [0.5, 0.6) is 5.75 Å². The number of nitrogens with zero attached hydrogens (tertiary/aromatic N) is 3. The van der Waals surface area contributed by atoms with Crippen LogP contribution in [0, 0.1) is 5.41 Å². The highest BCUT2D eigenvalue weighted by atomic mass is 16.5. The molecule has 26 heavy (non-hydrogen) atoms. The second kappa shape index (κ2) is 8.28. The van der Waals surface area contributed by atoms with Gasteiger partial charge in [-0.1, -0.05) is 12.1 Å². The number of hydrogen-bond donors (Lipinski definition) is 0. The van der Waals surface area contributed by atoms with Gasteiger partial charge in [0.05, 0.1) is 7.11 Å². The van der Waals surface area contributed by atoms with Gasteiger partial charge in [0.2, 0.25) is 0 Å². The lowest BCUT2D eigenvalue weighted by molar-refractivity contribution is 0.0862. The molecule has 0 radical (unpaired) electrons. The quantitative estimate of drug-likeness (QED) is 0.779. The molecule has 3 saturated heterocycles. The van der Waals surface area contributed by atoms with E-state index >= 15 is 0 Å². The zero-order chi connectivity index (χ0) is 17.8. The molecule has 0 aliphatic carbocycles. The first-order valence-electron chi connectivity index (χ1n) is 10.5. The van der Waals surface area contributed by atoms with Gasteiger partial charge in [-0.2, -0.15) is 0 Å². The predicted octanol–water partition coefficient (Wildman–Crippen LogP) is 3.08. The van der Waals surface area contributed by atoms with Gasteiger partial charge in [-0.05, 0) is 81.4 Å². The highest BCUT2D eigenvalue weighted by Crippen LogP contribution is 2.39. The van der Waals surface area contributed by atoms with Gasteiger partial charge >= 0.3 is 0 Å². The Kier molecular flexibility index (Phi) is 5.82. The van der Waals surface area contributed by atoms with E-state index in [1.165, 1.54) is 90.0 Å². The largest absolute Gasteiger partial charge is 0.497 e. The van der Waals surface area contributed by atoms with E-state index in [1.807, 2.05) is 6.07 Å². The maximum atomic E-state index is 5.39. The predicted molar refractivity (Wildman–Crippen MR) is 107 cm³/mol. The molecule has 1 spiro atoms. The van der Waals surface area contributed by atoms with Gasteiger partial charge in [-0.15, -0.1) is 0 Å². The Hall–Kier alpha value is -1.10. The molecule has 0 unspecified atom stereocenters. The Morgan fingerprint density at radius 3 is 2.50 bits per heavy atom. The Morgan fingerprint density at radius 2 is 1.65 bits per heavy atom. The normalized spacial score (nSPS) is 28.2. The van der Waals surface area contributed by atoms with Gasteiger partial charge in [-0.3, -0.25) is 4.90 Å². The van der Waals surface area contributed by atoms with Crippen LogP contribution in [0.2, 0.25) is 0 Å². The van der Waals surface area contributed by atoms with Crippen LogP contribution in [0.15, 0.2) is 24.3 Å². The number of likely N-dealkylation sites (tertiary alicyclic amines) is 3. The monoisotopic (exact) mass is 357 g/mol. The van der Waals surface area contributed by atoms with E-state index < -0.39 is 0 Å². The molecule has 4 nitrogen and oxygen atoms in total. The Balaban J connectivity index is 1.30. The van der Waals surface area contributed by atoms with E-state index in [0.717, 1.165) is 12.3 Å². The van der Waals surface area contributed by atoms with Gasteiger partial charge in [0, 0.05) is 32.7 Å². The van der Waals surface area contributed by atoms with E-state index in [1.54, 1.807) is 7.11 Å². The lowest BCUT2D eigenvalue weighted by atomic mass is 9.79. The van der Waals surface area contributed by atoms with Crippen molar-refractivity contribution in [1.82, 2.24) is 14.7 Å². The molecular weight excluding hydrogens is 322 g/mol. The van der Waals surface area contributed by atoms with Crippen LogP contribution in [-0.2, 0) is 6.54 Å². The summed E-state index contributed by atoms with van der Waals surface area (Å²) in [6, 6.07) is 8.58. The van der Waals surface area contributed by atoms with Crippen molar-refractivity contribution in [2.75, 3.05) is 59.5 Å². The third-order valence-electron chi connectivity index (χ3n) is 6.73. The average molecular weight is 358 g/mol. The van der Waals surface area contributed by atoms with Gasteiger partial charge < -0.3 is 14.5 Å². The number of ether oxygens (including phenoxy) is 1. The maximum Gasteiger partial charge on any atom is 0.119 e. The van der Waals surface area contributed by atoms with Crippen LogP contribution < -0.4 is 4.74 Å². The second-order valence-electron chi connectivity index (χ2n) is 8.74. The Morgan fingerprint density at radius 1 is 0.885 bits per heavy atom. The first-order chi connectivity index (χ1) is 12.7. The van der Waals surface area contributed by atoms with E-state index in [0.29, 0.717) is 5.41 Å². The van der Waals surface area contributed by atoms with Crippen LogP contribution >= 0.6 is 0 Å². The molecule has 3 aliphatic heterocycles. The summed E-state index contributed by atoms with van der Waals surface area (Å²) in [6.45, 7) is 11.4. The first kappa shape index (κ1) is 18.3. The van der Waals surface area contributed by atoms with Crippen molar-refractivity contribution >= 4 is 0 Å². The van der Waals surface area contributed by atoms with Crippen molar-refractivity contribution in [2.45, 2.75) is 38.6 Å². The first-order valence-corrected chi connectivity index (χ1v) is 10.5. The van der Waals surface area contributed by atoms with Crippen molar-refractivity contribution < 1.29 is 4.74 Å². The fourth-order valence-electron chi connectivity index (χ4n) is 5.31. The number of piperidine rings is 1. The molecule has 0 amide bonds. The SMILES string of the molecule is COc1cccc(CN2CCC[C@]3(CCN(CCN4CCCC4)C3)C2)c1. The fraction of sp³-hybridized carbons (Fsp3) is 0.727.